The maximum atomic E-state index is 10.2. The lowest BCUT2D eigenvalue weighted by atomic mass is 10.5. The minimum absolute atomic E-state index is 0.106. The van der Waals surface area contributed by atoms with Gasteiger partial charge >= 0.3 is 11.0 Å². The largest absolute Gasteiger partial charge is 0.478 e. The van der Waals surface area contributed by atoms with E-state index < -0.39 is 10.9 Å². The summed E-state index contributed by atoms with van der Waals surface area (Å²) in [5, 5.41) is 18.6. The summed E-state index contributed by atoms with van der Waals surface area (Å²) in [4.78, 5) is 23.3. The van der Waals surface area contributed by atoms with Gasteiger partial charge in [0, 0.05) is 6.08 Å². The molecule has 7 heteroatoms. The van der Waals surface area contributed by atoms with Gasteiger partial charge in [-0.2, -0.15) is 0 Å². The van der Waals surface area contributed by atoms with Crippen molar-refractivity contribution < 1.29 is 14.8 Å². The molecule has 0 bridgehead atoms. The van der Waals surface area contributed by atoms with Crippen LogP contribution >= 0.6 is 11.3 Å². The third-order valence-corrected chi connectivity index (χ3v) is 1.97. The van der Waals surface area contributed by atoms with Crippen LogP contribution in [0.5, 0.6) is 0 Å². The zero-order chi connectivity index (χ0) is 9.84. The van der Waals surface area contributed by atoms with Gasteiger partial charge in [-0.3, -0.25) is 10.1 Å². The van der Waals surface area contributed by atoms with Crippen LogP contribution in [-0.2, 0) is 4.79 Å². The lowest BCUT2D eigenvalue weighted by Crippen LogP contribution is -1.84. The summed E-state index contributed by atoms with van der Waals surface area (Å²) in [6.45, 7) is 0. The molecule has 1 aromatic heterocycles. The molecule has 1 rings (SSSR count). The summed E-state index contributed by atoms with van der Waals surface area (Å²) < 4.78 is 0. The van der Waals surface area contributed by atoms with Crippen molar-refractivity contribution in [1.29, 1.82) is 0 Å². The van der Waals surface area contributed by atoms with Gasteiger partial charge in [0.05, 0.1) is 4.92 Å². The van der Waals surface area contributed by atoms with Gasteiger partial charge in [-0.25, -0.2) is 9.78 Å². The van der Waals surface area contributed by atoms with E-state index in [-0.39, 0.29) is 5.00 Å². The van der Waals surface area contributed by atoms with Crippen molar-refractivity contribution in [3.63, 3.8) is 0 Å². The first-order valence-electron chi connectivity index (χ1n) is 3.11. The highest BCUT2D eigenvalue weighted by atomic mass is 32.1. The van der Waals surface area contributed by atoms with Crippen LogP contribution in [0.2, 0.25) is 0 Å². The Labute approximate surface area is 76.3 Å². The molecular weight excluding hydrogens is 196 g/mol. The van der Waals surface area contributed by atoms with E-state index in [1.165, 1.54) is 6.08 Å². The number of hydrogen-bond donors (Lipinski definition) is 1. The summed E-state index contributed by atoms with van der Waals surface area (Å²) in [7, 11) is 0. The zero-order valence-electron chi connectivity index (χ0n) is 6.21. The molecule has 0 atom stereocenters. The molecule has 1 N–H and O–H groups in total. The Kier molecular flexibility index (Phi) is 2.70. The number of rotatable bonds is 3. The average Bonchev–Trinajstić information content (AvgIpc) is 2.48. The lowest BCUT2D eigenvalue weighted by Gasteiger charge is -1.79. The Morgan fingerprint density at radius 1 is 1.77 bits per heavy atom. The molecule has 6 nitrogen and oxygen atoms in total. The van der Waals surface area contributed by atoms with E-state index in [0.29, 0.717) is 5.01 Å². The summed E-state index contributed by atoms with van der Waals surface area (Å²) >= 11 is 0.823. The molecule has 0 saturated heterocycles. The van der Waals surface area contributed by atoms with E-state index in [1.54, 1.807) is 0 Å². The summed E-state index contributed by atoms with van der Waals surface area (Å²) in [5.74, 6) is -1.11. The highest BCUT2D eigenvalue weighted by molar-refractivity contribution is 7.15. The number of hydrogen-bond acceptors (Lipinski definition) is 5. The molecule has 68 valence electrons. The third kappa shape index (κ3) is 2.64. The Hall–Kier alpha value is -1.76. The number of carbonyl (C=O) groups is 1. The molecule has 0 radical (unpaired) electrons. The molecule has 0 aliphatic rings. The molecule has 0 amide bonds. The van der Waals surface area contributed by atoms with Crippen LogP contribution in [0.1, 0.15) is 5.01 Å². The van der Waals surface area contributed by atoms with Crippen molar-refractivity contribution in [2.75, 3.05) is 0 Å². The second-order valence-corrected chi connectivity index (χ2v) is 3.01. The molecular formula is C6H4N2O4S. The third-order valence-electron chi connectivity index (χ3n) is 1.06. The predicted molar refractivity (Wildman–Crippen MR) is 45.4 cm³/mol. The maximum absolute atomic E-state index is 10.2. The van der Waals surface area contributed by atoms with Crippen molar-refractivity contribution in [3.8, 4) is 0 Å². The smallest absolute Gasteiger partial charge is 0.344 e. The second kappa shape index (κ2) is 3.76. The van der Waals surface area contributed by atoms with Gasteiger partial charge in [0.1, 0.15) is 11.2 Å². The van der Waals surface area contributed by atoms with Crippen LogP contribution in [0.25, 0.3) is 6.08 Å². The van der Waals surface area contributed by atoms with E-state index in [2.05, 4.69) is 4.98 Å². The number of carboxylic acid groups (broad SMARTS) is 1. The molecule has 0 aliphatic heterocycles. The molecule has 0 aromatic carbocycles. The summed E-state index contributed by atoms with van der Waals surface area (Å²) in [6, 6.07) is 0. The fourth-order valence-corrected chi connectivity index (χ4v) is 1.22. The number of nitrogens with zero attached hydrogens (tertiary/aromatic N) is 2. The Balaban J connectivity index is 2.80. The first-order valence-corrected chi connectivity index (χ1v) is 3.92. The maximum Gasteiger partial charge on any atom is 0.344 e. The molecule has 0 saturated carbocycles. The monoisotopic (exact) mass is 200 g/mol. The van der Waals surface area contributed by atoms with Gasteiger partial charge < -0.3 is 5.11 Å². The van der Waals surface area contributed by atoms with Crippen molar-refractivity contribution >= 4 is 28.4 Å². The highest BCUT2D eigenvalue weighted by Crippen LogP contribution is 2.21. The number of carboxylic acids is 1. The predicted octanol–water partition coefficient (Wildman–Crippen LogP) is 1.15. The topological polar surface area (TPSA) is 93.3 Å². The van der Waals surface area contributed by atoms with Crippen molar-refractivity contribution in [3.05, 3.63) is 27.4 Å². The first-order chi connectivity index (χ1) is 6.09. The molecule has 0 unspecified atom stereocenters. The first kappa shape index (κ1) is 9.33. The highest BCUT2D eigenvalue weighted by Gasteiger charge is 2.09. The van der Waals surface area contributed by atoms with Crippen molar-refractivity contribution in [2.45, 2.75) is 0 Å². The van der Waals surface area contributed by atoms with Crippen molar-refractivity contribution in [1.82, 2.24) is 4.98 Å². The Morgan fingerprint density at radius 2 is 2.46 bits per heavy atom. The van der Waals surface area contributed by atoms with E-state index in [1.807, 2.05) is 0 Å². The van der Waals surface area contributed by atoms with Gasteiger partial charge in [-0.1, -0.05) is 0 Å². The number of thiazole rings is 1. The Morgan fingerprint density at radius 3 is 2.92 bits per heavy atom. The van der Waals surface area contributed by atoms with Gasteiger partial charge in [0.25, 0.3) is 0 Å². The SMILES string of the molecule is O=C(O)C=Cc1ncc([N+](=O)[O-])s1. The fraction of sp³-hybridized carbons (Fsp3) is 0. The van der Waals surface area contributed by atoms with E-state index in [0.717, 1.165) is 23.6 Å². The summed E-state index contributed by atoms with van der Waals surface area (Å²) in [5.41, 5.74) is 0. The standard InChI is InChI=1S/C6H4N2O4S/c9-6(10)2-1-4-7-3-5(13-4)8(11)12/h1-3H,(H,9,10). The van der Waals surface area contributed by atoms with Crippen LogP contribution in [0.3, 0.4) is 0 Å². The van der Waals surface area contributed by atoms with Gasteiger partial charge in [-0.05, 0) is 17.4 Å². The molecule has 0 spiro atoms. The quantitative estimate of drug-likeness (QED) is 0.448. The second-order valence-electron chi connectivity index (χ2n) is 1.97. The van der Waals surface area contributed by atoms with Crippen molar-refractivity contribution in [2.24, 2.45) is 0 Å². The summed E-state index contributed by atoms with van der Waals surface area (Å²) in [6.07, 6.45) is 3.18. The molecule has 0 fully saturated rings. The van der Waals surface area contributed by atoms with Crippen LogP contribution in [-0.4, -0.2) is 21.0 Å². The van der Waals surface area contributed by atoms with E-state index >= 15 is 0 Å². The molecule has 0 aliphatic carbocycles. The van der Waals surface area contributed by atoms with Gasteiger partial charge in [0.15, 0.2) is 0 Å². The number of nitro groups is 1. The molecule has 1 aromatic rings. The lowest BCUT2D eigenvalue weighted by molar-refractivity contribution is -0.380. The van der Waals surface area contributed by atoms with Crippen LogP contribution < -0.4 is 0 Å². The zero-order valence-corrected chi connectivity index (χ0v) is 7.02. The average molecular weight is 200 g/mol. The van der Waals surface area contributed by atoms with Gasteiger partial charge in [-0.15, -0.1) is 0 Å². The molecule has 13 heavy (non-hydrogen) atoms. The molecule has 1 heterocycles. The minimum Gasteiger partial charge on any atom is -0.478 e. The fourth-order valence-electron chi connectivity index (χ4n) is 0.583. The normalized spacial score (nSPS) is 10.5. The van der Waals surface area contributed by atoms with Gasteiger partial charge in [0.2, 0.25) is 0 Å². The van der Waals surface area contributed by atoms with E-state index in [4.69, 9.17) is 5.11 Å². The Bertz CT molecular complexity index is 370. The van der Waals surface area contributed by atoms with E-state index in [9.17, 15) is 14.9 Å². The number of aromatic nitrogens is 1. The van der Waals surface area contributed by atoms with Crippen LogP contribution in [0, 0.1) is 10.1 Å². The van der Waals surface area contributed by atoms with Crippen LogP contribution in [0.15, 0.2) is 12.3 Å². The van der Waals surface area contributed by atoms with Crippen LogP contribution in [0.4, 0.5) is 5.00 Å². The minimum atomic E-state index is -1.11. The number of aliphatic carboxylic acids is 1.